The molecular formula is C14H19N3O3. The second kappa shape index (κ2) is 6.27. The molecule has 1 aliphatic rings. The summed E-state index contributed by atoms with van der Waals surface area (Å²) in [6.45, 7) is 2.12. The third-order valence-corrected chi connectivity index (χ3v) is 3.42. The van der Waals surface area contributed by atoms with E-state index in [9.17, 15) is 4.79 Å². The van der Waals surface area contributed by atoms with Gasteiger partial charge in [-0.1, -0.05) is 18.5 Å². The fourth-order valence-electron chi connectivity index (χ4n) is 2.05. The summed E-state index contributed by atoms with van der Waals surface area (Å²) in [4.78, 5) is 11.6. The van der Waals surface area contributed by atoms with Crippen molar-refractivity contribution in [2.75, 3.05) is 6.61 Å². The molecule has 0 radical (unpaired) electrons. The topological polar surface area (TPSA) is 96.9 Å². The van der Waals surface area contributed by atoms with Gasteiger partial charge in [-0.05, 0) is 36.6 Å². The average Bonchev–Trinajstić information content (AvgIpc) is 3.23. The molecule has 2 unspecified atom stereocenters. The highest BCUT2D eigenvalue weighted by molar-refractivity contribution is 5.97. The summed E-state index contributed by atoms with van der Waals surface area (Å²) in [6.07, 6.45) is 2.16. The number of nitrogens with zero attached hydrogens (tertiary/aromatic N) is 1. The maximum absolute atomic E-state index is 11.6. The first-order chi connectivity index (χ1) is 9.63. The van der Waals surface area contributed by atoms with E-state index >= 15 is 0 Å². The number of carbonyl (C=O) groups is 1. The van der Waals surface area contributed by atoms with E-state index in [1.54, 1.807) is 24.3 Å². The summed E-state index contributed by atoms with van der Waals surface area (Å²) in [5.41, 5.74) is 6.04. The third-order valence-electron chi connectivity index (χ3n) is 3.42. The van der Waals surface area contributed by atoms with Crippen LogP contribution in [0, 0.1) is 5.92 Å². The van der Waals surface area contributed by atoms with Crippen molar-refractivity contribution in [2.45, 2.75) is 25.8 Å². The maximum Gasteiger partial charge on any atom is 0.258 e. The Morgan fingerprint density at radius 1 is 1.50 bits per heavy atom. The molecule has 1 saturated carbocycles. The Balaban J connectivity index is 1.78. The smallest absolute Gasteiger partial charge is 0.258 e. The standard InChI is InChI=1S/C14H19N3O3/c1-2-9-7-12(9)16-13(18)8-20-11-5-3-10(4-6-11)14(15)17-19/h3-6,9,12,19H,2,7-8H2,1H3,(H2,15,17)(H,16,18). The van der Waals surface area contributed by atoms with Gasteiger partial charge in [0.2, 0.25) is 0 Å². The lowest BCUT2D eigenvalue weighted by Gasteiger charge is -2.07. The summed E-state index contributed by atoms with van der Waals surface area (Å²) in [5, 5.41) is 14.4. The van der Waals surface area contributed by atoms with Crippen LogP contribution in [0.2, 0.25) is 0 Å². The van der Waals surface area contributed by atoms with Crippen LogP contribution in [-0.4, -0.2) is 29.6 Å². The summed E-state index contributed by atoms with van der Waals surface area (Å²) in [5.74, 6) is 1.12. The lowest BCUT2D eigenvalue weighted by molar-refractivity contribution is -0.123. The van der Waals surface area contributed by atoms with E-state index in [0.29, 0.717) is 23.3 Å². The third kappa shape index (κ3) is 3.63. The van der Waals surface area contributed by atoms with E-state index in [0.717, 1.165) is 12.8 Å². The molecule has 1 amide bonds. The summed E-state index contributed by atoms with van der Waals surface area (Å²) in [7, 11) is 0. The zero-order valence-electron chi connectivity index (χ0n) is 11.4. The number of amidine groups is 1. The van der Waals surface area contributed by atoms with Crippen LogP contribution in [-0.2, 0) is 4.79 Å². The Bertz CT molecular complexity index is 499. The van der Waals surface area contributed by atoms with E-state index in [4.69, 9.17) is 15.7 Å². The minimum atomic E-state index is -0.105. The molecule has 1 aromatic rings. The van der Waals surface area contributed by atoms with Gasteiger partial charge in [-0.3, -0.25) is 4.79 Å². The van der Waals surface area contributed by atoms with Gasteiger partial charge in [0.25, 0.3) is 5.91 Å². The average molecular weight is 277 g/mol. The molecule has 0 spiro atoms. The van der Waals surface area contributed by atoms with Crippen LogP contribution >= 0.6 is 0 Å². The first-order valence-corrected chi connectivity index (χ1v) is 6.64. The van der Waals surface area contributed by atoms with Crippen molar-refractivity contribution in [2.24, 2.45) is 16.8 Å². The highest BCUT2D eigenvalue weighted by Gasteiger charge is 2.36. The van der Waals surface area contributed by atoms with Crippen LogP contribution in [0.4, 0.5) is 0 Å². The maximum atomic E-state index is 11.6. The fraction of sp³-hybridized carbons (Fsp3) is 0.429. The Hall–Kier alpha value is -2.24. The van der Waals surface area contributed by atoms with E-state index in [2.05, 4.69) is 17.4 Å². The van der Waals surface area contributed by atoms with E-state index in [1.807, 2.05) is 0 Å². The van der Waals surface area contributed by atoms with Gasteiger partial charge in [0.15, 0.2) is 12.4 Å². The van der Waals surface area contributed by atoms with Crippen LogP contribution in [0.1, 0.15) is 25.3 Å². The quantitative estimate of drug-likeness (QED) is 0.313. The van der Waals surface area contributed by atoms with Crippen molar-refractivity contribution in [3.05, 3.63) is 29.8 Å². The van der Waals surface area contributed by atoms with Gasteiger partial charge in [0.05, 0.1) is 0 Å². The van der Waals surface area contributed by atoms with Crippen LogP contribution in [0.15, 0.2) is 29.4 Å². The summed E-state index contributed by atoms with van der Waals surface area (Å²) in [6, 6.07) is 6.99. The van der Waals surface area contributed by atoms with Crippen LogP contribution < -0.4 is 15.8 Å². The Morgan fingerprint density at radius 3 is 2.75 bits per heavy atom. The molecule has 4 N–H and O–H groups in total. The number of oxime groups is 1. The van der Waals surface area contributed by atoms with Crippen molar-refractivity contribution in [1.82, 2.24) is 5.32 Å². The predicted molar refractivity (Wildman–Crippen MR) is 74.8 cm³/mol. The number of nitrogens with one attached hydrogen (secondary N) is 1. The molecule has 2 rings (SSSR count). The minimum Gasteiger partial charge on any atom is -0.484 e. The minimum absolute atomic E-state index is 0.00411. The number of rotatable bonds is 6. The zero-order chi connectivity index (χ0) is 14.5. The Morgan fingerprint density at radius 2 is 2.20 bits per heavy atom. The highest BCUT2D eigenvalue weighted by Crippen LogP contribution is 2.32. The normalized spacial score (nSPS) is 21.4. The van der Waals surface area contributed by atoms with Crippen LogP contribution in [0.3, 0.4) is 0 Å². The molecule has 6 heteroatoms. The van der Waals surface area contributed by atoms with Gasteiger partial charge < -0.3 is 21.0 Å². The number of nitrogens with two attached hydrogens (primary N) is 1. The molecule has 2 atom stereocenters. The van der Waals surface area contributed by atoms with E-state index in [1.165, 1.54) is 0 Å². The molecule has 20 heavy (non-hydrogen) atoms. The fourth-order valence-corrected chi connectivity index (χ4v) is 2.05. The number of hydrogen-bond acceptors (Lipinski definition) is 4. The van der Waals surface area contributed by atoms with Crippen molar-refractivity contribution in [3.63, 3.8) is 0 Å². The molecule has 1 aliphatic carbocycles. The van der Waals surface area contributed by atoms with Gasteiger partial charge >= 0.3 is 0 Å². The molecule has 0 aromatic heterocycles. The molecule has 1 aromatic carbocycles. The zero-order valence-corrected chi connectivity index (χ0v) is 11.4. The monoisotopic (exact) mass is 277 g/mol. The Labute approximate surface area is 117 Å². The first kappa shape index (κ1) is 14.2. The molecule has 1 fully saturated rings. The SMILES string of the molecule is CCC1CC1NC(=O)COc1ccc(/C(N)=N/O)cc1. The van der Waals surface area contributed by atoms with Gasteiger partial charge in [0, 0.05) is 11.6 Å². The van der Waals surface area contributed by atoms with Crippen LogP contribution in [0.5, 0.6) is 5.75 Å². The predicted octanol–water partition coefficient (Wildman–Crippen LogP) is 1.07. The molecule has 0 bridgehead atoms. The lowest BCUT2D eigenvalue weighted by atomic mass is 10.2. The van der Waals surface area contributed by atoms with Gasteiger partial charge in [-0.15, -0.1) is 0 Å². The molecule has 0 aliphatic heterocycles. The van der Waals surface area contributed by atoms with Crippen molar-refractivity contribution >= 4 is 11.7 Å². The first-order valence-electron chi connectivity index (χ1n) is 6.64. The number of ether oxygens (including phenoxy) is 1. The second-order valence-corrected chi connectivity index (χ2v) is 4.88. The number of benzene rings is 1. The molecule has 0 heterocycles. The summed E-state index contributed by atoms with van der Waals surface area (Å²) >= 11 is 0. The van der Waals surface area contributed by atoms with Gasteiger partial charge in [-0.25, -0.2) is 0 Å². The highest BCUT2D eigenvalue weighted by atomic mass is 16.5. The Kier molecular flexibility index (Phi) is 4.45. The van der Waals surface area contributed by atoms with Crippen molar-refractivity contribution < 1.29 is 14.7 Å². The van der Waals surface area contributed by atoms with Crippen LogP contribution in [0.25, 0.3) is 0 Å². The molecule has 0 saturated heterocycles. The number of hydrogen-bond donors (Lipinski definition) is 3. The number of amides is 1. The molecule has 6 nitrogen and oxygen atoms in total. The van der Waals surface area contributed by atoms with Gasteiger partial charge in [0.1, 0.15) is 5.75 Å². The van der Waals surface area contributed by atoms with Crippen molar-refractivity contribution in [3.8, 4) is 5.75 Å². The van der Waals surface area contributed by atoms with E-state index in [-0.39, 0.29) is 18.3 Å². The number of carbonyl (C=O) groups excluding carboxylic acids is 1. The second-order valence-electron chi connectivity index (χ2n) is 4.88. The molecule has 108 valence electrons. The van der Waals surface area contributed by atoms with E-state index < -0.39 is 0 Å². The van der Waals surface area contributed by atoms with Gasteiger partial charge in [-0.2, -0.15) is 0 Å². The lowest BCUT2D eigenvalue weighted by Crippen LogP contribution is -2.31. The summed E-state index contributed by atoms with van der Waals surface area (Å²) < 4.78 is 5.38. The largest absolute Gasteiger partial charge is 0.484 e. The molecular weight excluding hydrogens is 258 g/mol. The van der Waals surface area contributed by atoms with Crippen molar-refractivity contribution in [1.29, 1.82) is 0 Å².